The molecule has 0 atom stereocenters. The summed E-state index contributed by atoms with van der Waals surface area (Å²) in [6, 6.07) is 18.5. The minimum Gasteiger partial charge on any atom is -0.332 e. The molecule has 2 aromatic heterocycles. The zero-order valence-corrected chi connectivity index (χ0v) is 14.5. The maximum atomic E-state index is 12.3. The summed E-state index contributed by atoms with van der Waals surface area (Å²) in [6.07, 6.45) is 3.48. The van der Waals surface area contributed by atoms with Crippen molar-refractivity contribution in [2.75, 3.05) is 5.32 Å². The summed E-state index contributed by atoms with van der Waals surface area (Å²) in [4.78, 5) is 21.1. The van der Waals surface area contributed by atoms with Crippen molar-refractivity contribution < 1.29 is 4.79 Å². The summed E-state index contributed by atoms with van der Waals surface area (Å²) >= 11 is 5.32. The first kappa shape index (κ1) is 16.1. The van der Waals surface area contributed by atoms with Crippen molar-refractivity contribution >= 4 is 50.7 Å². The average molecular weight is 358 g/mol. The van der Waals surface area contributed by atoms with Crippen LogP contribution in [-0.4, -0.2) is 21.0 Å². The highest BCUT2D eigenvalue weighted by molar-refractivity contribution is 7.80. The largest absolute Gasteiger partial charge is 0.332 e. The van der Waals surface area contributed by atoms with Crippen molar-refractivity contribution in [3.8, 4) is 0 Å². The molecule has 4 aromatic rings. The Balaban J connectivity index is 1.66. The van der Waals surface area contributed by atoms with Crippen LogP contribution in [0.25, 0.3) is 21.8 Å². The Kier molecular flexibility index (Phi) is 4.25. The predicted octanol–water partition coefficient (Wildman–Crippen LogP) is 3.91. The van der Waals surface area contributed by atoms with Gasteiger partial charge in [-0.1, -0.05) is 24.3 Å². The number of nitrogens with one attached hydrogen (secondary N) is 2. The number of rotatable bonds is 2. The molecule has 6 heteroatoms. The summed E-state index contributed by atoms with van der Waals surface area (Å²) in [5.41, 5.74) is 2.93. The number of amides is 1. The number of anilines is 1. The molecule has 0 aliphatic heterocycles. The quantitative estimate of drug-likeness (QED) is 0.420. The third kappa shape index (κ3) is 3.10. The van der Waals surface area contributed by atoms with Gasteiger partial charge >= 0.3 is 0 Å². The van der Waals surface area contributed by atoms with Crippen molar-refractivity contribution in [3.05, 3.63) is 78.6 Å². The van der Waals surface area contributed by atoms with E-state index in [1.54, 1.807) is 36.7 Å². The lowest BCUT2D eigenvalue weighted by molar-refractivity contribution is 0.0977. The number of carbonyl (C=O) groups excluding carboxylic acids is 1. The van der Waals surface area contributed by atoms with Crippen LogP contribution in [-0.2, 0) is 0 Å². The van der Waals surface area contributed by atoms with Crippen LogP contribution in [0, 0.1) is 0 Å². The van der Waals surface area contributed by atoms with Gasteiger partial charge in [0.25, 0.3) is 5.91 Å². The topological polar surface area (TPSA) is 66.9 Å². The molecule has 2 aromatic carbocycles. The first-order valence-electron chi connectivity index (χ1n) is 8.02. The summed E-state index contributed by atoms with van der Waals surface area (Å²) in [5, 5.41) is 7.87. The number of hydrogen-bond acceptors (Lipinski definition) is 4. The molecule has 1 amide bonds. The Hall–Kier alpha value is -3.38. The molecule has 0 saturated heterocycles. The highest BCUT2D eigenvalue weighted by Crippen LogP contribution is 2.29. The van der Waals surface area contributed by atoms with Crippen molar-refractivity contribution in [2.24, 2.45) is 0 Å². The maximum absolute atomic E-state index is 12.3. The van der Waals surface area contributed by atoms with Gasteiger partial charge in [0.2, 0.25) is 0 Å². The van der Waals surface area contributed by atoms with Crippen LogP contribution in [0.4, 0.5) is 5.69 Å². The second kappa shape index (κ2) is 6.85. The number of fused-ring (bicyclic) bond motifs is 3. The van der Waals surface area contributed by atoms with E-state index in [4.69, 9.17) is 12.2 Å². The fourth-order valence-corrected chi connectivity index (χ4v) is 3.00. The second-order valence-corrected chi connectivity index (χ2v) is 6.08. The SMILES string of the molecule is O=C(NC(=S)Nc1cc2cccnc2c2ncccc12)c1ccccc1. The molecule has 126 valence electrons. The molecule has 0 unspecified atom stereocenters. The first-order valence-corrected chi connectivity index (χ1v) is 8.43. The van der Waals surface area contributed by atoms with E-state index in [0.29, 0.717) is 5.56 Å². The van der Waals surface area contributed by atoms with E-state index in [-0.39, 0.29) is 11.0 Å². The van der Waals surface area contributed by atoms with Crippen LogP contribution < -0.4 is 10.6 Å². The summed E-state index contributed by atoms with van der Waals surface area (Å²) in [6.45, 7) is 0. The number of carbonyl (C=O) groups is 1. The fourth-order valence-electron chi connectivity index (χ4n) is 2.80. The monoisotopic (exact) mass is 358 g/mol. The van der Waals surface area contributed by atoms with Gasteiger partial charge in [-0.05, 0) is 48.6 Å². The first-order chi connectivity index (χ1) is 12.7. The van der Waals surface area contributed by atoms with Crippen molar-refractivity contribution in [1.29, 1.82) is 0 Å². The Labute approximate surface area is 155 Å². The van der Waals surface area contributed by atoms with Gasteiger partial charge in [-0.25, -0.2) is 0 Å². The van der Waals surface area contributed by atoms with Crippen LogP contribution >= 0.6 is 12.2 Å². The number of benzene rings is 2. The number of nitrogens with zero attached hydrogens (tertiary/aromatic N) is 2. The van der Waals surface area contributed by atoms with Gasteiger partial charge in [0.15, 0.2) is 5.11 Å². The van der Waals surface area contributed by atoms with E-state index < -0.39 is 0 Å². The van der Waals surface area contributed by atoms with E-state index in [1.807, 2.05) is 36.4 Å². The lowest BCUT2D eigenvalue weighted by Gasteiger charge is -2.13. The fraction of sp³-hybridized carbons (Fsp3) is 0. The molecule has 2 N–H and O–H groups in total. The van der Waals surface area contributed by atoms with E-state index in [1.165, 1.54) is 0 Å². The summed E-state index contributed by atoms with van der Waals surface area (Å²) in [7, 11) is 0. The van der Waals surface area contributed by atoms with Crippen LogP contribution in [0.3, 0.4) is 0 Å². The van der Waals surface area contributed by atoms with Crippen LogP contribution in [0.5, 0.6) is 0 Å². The van der Waals surface area contributed by atoms with E-state index in [0.717, 1.165) is 27.5 Å². The smallest absolute Gasteiger partial charge is 0.257 e. The Morgan fingerprint density at radius 2 is 1.62 bits per heavy atom. The molecule has 2 heterocycles. The van der Waals surface area contributed by atoms with Crippen molar-refractivity contribution in [1.82, 2.24) is 15.3 Å². The van der Waals surface area contributed by atoms with Gasteiger partial charge in [0.1, 0.15) is 0 Å². The number of aromatic nitrogens is 2. The second-order valence-electron chi connectivity index (χ2n) is 5.67. The average Bonchev–Trinajstić information content (AvgIpc) is 2.69. The number of thiocarbonyl (C=S) groups is 1. The molecule has 26 heavy (non-hydrogen) atoms. The zero-order chi connectivity index (χ0) is 17.9. The van der Waals surface area contributed by atoms with Crippen LogP contribution in [0.1, 0.15) is 10.4 Å². The Morgan fingerprint density at radius 3 is 2.42 bits per heavy atom. The minimum atomic E-state index is -0.256. The molecular formula is C20H14N4OS. The Bertz CT molecular complexity index is 1130. The van der Waals surface area contributed by atoms with E-state index >= 15 is 0 Å². The molecule has 0 spiro atoms. The molecule has 0 saturated carbocycles. The highest BCUT2D eigenvalue weighted by atomic mass is 32.1. The zero-order valence-electron chi connectivity index (χ0n) is 13.6. The third-order valence-corrected chi connectivity index (χ3v) is 4.18. The van der Waals surface area contributed by atoms with Gasteiger partial charge in [0.05, 0.1) is 16.7 Å². The molecule has 0 radical (unpaired) electrons. The minimum absolute atomic E-state index is 0.229. The standard InChI is InChI=1S/C20H14N4OS/c25-19(13-6-2-1-3-7-13)24-20(26)23-16-12-14-8-4-10-21-17(14)18-15(16)9-5-11-22-18/h1-12H,(H2,23,24,25,26). The molecule has 0 bridgehead atoms. The van der Waals surface area contributed by atoms with Gasteiger partial charge in [-0.3, -0.25) is 20.1 Å². The third-order valence-electron chi connectivity index (χ3n) is 3.97. The predicted molar refractivity (Wildman–Crippen MR) is 107 cm³/mol. The van der Waals surface area contributed by atoms with Gasteiger partial charge in [-0.2, -0.15) is 0 Å². The van der Waals surface area contributed by atoms with E-state index in [2.05, 4.69) is 20.6 Å². The molecular weight excluding hydrogens is 344 g/mol. The highest BCUT2D eigenvalue weighted by Gasteiger charge is 2.11. The molecule has 0 aliphatic carbocycles. The van der Waals surface area contributed by atoms with Crippen molar-refractivity contribution in [3.63, 3.8) is 0 Å². The van der Waals surface area contributed by atoms with Gasteiger partial charge < -0.3 is 5.32 Å². The number of hydrogen-bond donors (Lipinski definition) is 2. The molecule has 0 fully saturated rings. The van der Waals surface area contributed by atoms with E-state index in [9.17, 15) is 4.79 Å². The number of pyridine rings is 2. The summed E-state index contributed by atoms with van der Waals surface area (Å²) < 4.78 is 0. The Morgan fingerprint density at radius 1 is 0.885 bits per heavy atom. The van der Waals surface area contributed by atoms with Gasteiger partial charge in [-0.15, -0.1) is 0 Å². The summed E-state index contributed by atoms with van der Waals surface area (Å²) in [5.74, 6) is -0.256. The van der Waals surface area contributed by atoms with Crippen LogP contribution in [0.15, 0.2) is 73.1 Å². The molecule has 4 rings (SSSR count). The van der Waals surface area contributed by atoms with Crippen molar-refractivity contribution in [2.45, 2.75) is 0 Å². The molecule has 5 nitrogen and oxygen atoms in total. The molecule has 0 aliphatic rings. The normalized spacial score (nSPS) is 10.6. The maximum Gasteiger partial charge on any atom is 0.257 e. The van der Waals surface area contributed by atoms with Gasteiger partial charge in [0, 0.05) is 28.7 Å². The van der Waals surface area contributed by atoms with Crippen LogP contribution in [0.2, 0.25) is 0 Å². The lowest BCUT2D eigenvalue weighted by Crippen LogP contribution is -2.34. The lowest BCUT2D eigenvalue weighted by atomic mass is 10.1.